The van der Waals surface area contributed by atoms with Crippen LogP contribution in [0.15, 0.2) is 36.4 Å². The van der Waals surface area contributed by atoms with Crippen molar-refractivity contribution in [2.24, 2.45) is 0 Å². The normalized spacial score (nSPS) is 13.2. The van der Waals surface area contributed by atoms with E-state index < -0.39 is 14.2 Å². The lowest BCUT2D eigenvalue weighted by molar-refractivity contribution is -0.188. The largest absolute Gasteiger partial charge is 0.376 e. The van der Waals surface area contributed by atoms with E-state index in [4.69, 9.17) is 0 Å². The molecule has 0 heterocycles. The SMILES string of the molecule is C[Si](C)(C)COC(F)(F)/C=C/c1ccccc1. The van der Waals surface area contributed by atoms with Crippen LogP contribution in [0.25, 0.3) is 6.08 Å². The van der Waals surface area contributed by atoms with Gasteiger partial charge in [-0.25, -0.2) is 0 Å². The van der Waals surface area contributed by atoms with Crippen molar-refractivity contribution in [2.45, 2.75) is 25.7 Å². The molecule has 0 unspecified atom stereocenters. The highest BCUT2D eigenvalue weighted by Gasteiger charge is 2.28. The standard InChI is InChI=1S/C13H18F2OSi/c1-17(2,3)11-16-13(14,15)10-9-12-7-5-4-6-8-12/h4-10H,11H2,1-3H3/b10-9+. The van der Waals surface area contributed by atoms with E-state index in [1.807, 2.05) is 25.7 Å². The number of hydrogen-bond acceptors (Lipinski definition) is 1. The number of halogens is 2. The summed E-state index contributed by atoms with van der Waals surface area (Å²) < 4.78 is 31.4. The molecule has 1 nitrogen and oxygen atoms in total. The van der Waals surface area contributed by atoms with Gasteiger partial charge in [0.15, 0.2) is 0 Å². The fourth-order valence-corrected chi connectivity index (χ4v) is 1.74. The fourth-order valence-electron chi connectivity index (χ4n) is 1.12. The zero-order valence-electron chi connectivity index (χ0n) is 10.4. The second-order valence-corrected chi connectivity index (χ2v) is 10.6. The van der Waals surface area contributed by atoms with Crippen LogP contribution in [-0.4, -0.2) is 20.4 Å². The van der Waals surface area contributed by atoms with Gasteiger partial charge in [-0.1, -0.05) is 56.0 Å². The molecule has 0 bridgehead atoms. The minimum atomic E-state index is -3.18. The summed E-state index contributed by atoms with van der Waals surface area (Å²) in [6.07, 6.45) is -0.845. The number of ether oxygens (including phenoxy) is 1. The van der Waals surface area contributed by atoms with Gasteiger partial charge in [-0.05, 0) is 5.56 Å². The number of benzene rings is 1. The summed E-state index contributed by atoms with van der Waals surface area (Å²) in [5.74, 6) is 0. The molecule has 0 saturated carbocycles. The highest BCUT2D eigenvalue weighted by atomic mass is 28.3. The maximum Gasteiger partial charge on any atom is 0.376 e. The third kappa shape index (κ3) is 6.34. The first-order valence-corrected chi connectivity index (χ1v) is 9.25. The van der Waals surface area contributed by atoms with E-state index in [1.54, 1.807) is 24.3 Å². The molecule has 0 atom stereocenters. The van der Waals surface area contributed by atoms with Gasteiger partial charge in [-0.15, -0.1) is 0 Å². The van der Waals surface area contributed by atoms with Crippen LogP contribution < -0.4 is 0 Å². The Morgan fingerprint density at radius 1 is 1.18 bits per heavy atom. The van der Waals surface area contributed by atoms with Crippen molar-refractivity contribution >= 4 is 14.1 Å². The zero-order valence-corrected chi connectivity index (χ0v) is 11.4. The average molecular weight is 256 g/mol. The van der Waals surface area contributed by atoms with Crippen molar-refractivity contribution in [2.75, 3.05) is 6.23 Å². The Balaban J connectivity index is 2.57. The van der Waals surface area contributed by atoms with E-state index >= 15 is 0 Å². The Labute approximate surface area is 102 Å². The second kappa shape index (κ2) is 5.56. The topological polar surface area (TPSA) is 9.23 Å². The van der Waals surface area contributed by atoms with Crippen molar-refractivity contribution in [1.29, 1.82) is 0 Å². The van der Waals surface area contributed by atoms with Gasteiger partial charge in [0.25, 0.3) is 0 Å². The predicted octanol–water partition coefficient (Wildman–Crippen LogP) is 4.19. The molecule has 1 aromatic carbocycles. The summed E-state index contributed by atoms with van der Waals surface area (Å²) in [7, 11) is -1.61. The van der Waals surface area contributed by atoms with Crippen molar-refractivity contribution in [1.82, 2.24) is 0 Å². The summed E-state index contributed by atoms with van der Waals surface area (Å²) in [4.78, 5) is 0. The van der Waals surface area contributed by atoms with Gasteiger partial charge >= 0.3 is 6.11 Å². The minimum Gasteiger partial charge on any atom is -0.320 e. The molecule has 0 aliphatic heterocycles. The monoisotopic (exact) mass is 256 g/mol. The second-order valence-electron chi connectivity index (χ2n) is 5.16. The lowest BCUT2D eigenvalue weighted by Crippen LogP contribution is -2.33. The lowest BCUT2D eigenvalue weighted by Gasteiger charge is -2.20. The summed E-state index contributed by atoms with van der Waals surface area (Å²) in [5.41, 5.74) is 0.740. The van der Waals surface area contributed by atoms with Crippen molar-refractivity contribution < 1.29 is 13.5 Å². The zero-order chi connectivity index (χ0) is 12.9. The molecule has 0 aliphatic rings. The highest BCUT2D eigenvalue weighted by molar-refractivity contribution is 6.76. The molecule has 0 aromatic heterocycles. The maximum absolute atomic E-state index is 13.4. The molecule has 0 saturated heterocycles. The summed E-state index contributed by atoms with van der Waals surface area (Å²) in [6, 6.07) is 8.99. The molecular weight excluding hydrogens is 238 g/mol. The van der Waals surface area contributed by atoms with E-state index in [2.05, 4.69) is 4.74 Å². The minimum absolute atomic E-state index is 0.152. The molecule has 0 spiro atoms. The molecule has 0 amide bonds. The lowest BCUT2D eigenvalue weighted by atomic mass is 10.2. The van der Waals surface area contributed by atoms with Gasteiger partial charge in [0, 0.05) is 12.3 Å². The van der Waals surface area contributed by atoms with E-state index in [0.717, 1.165) is 11.6 Å². The quantitative estimate of drug-likeness (QED) is 0.718. The number of alkyl halides is 2. The fraction of sp³-hybridized carbons (Fsp3) is 0.385. The van der Waals surface area contributed by atoms with Crippen LogP contribution in [0.5, 0.6) is 0 Å². The van der Waals surface area contributed by atoms with Crippen LogP contribution in [0.4, 0.5) is 8.78 Å². The van der Waals surface area contributed by atoms with E-state index in [0.29, 0.717) is 0 Å². The Morgan fingerprint density at radius 2 is 1.76 bits per heavy atom. The Morgan fingerprint density at radius 3 is 2.29 bits per heavy atom. The highest BCUT2D eigenvalue weighted by Crippen LogP contribution is 2.20. The molecule has 0 fully saturated rings. The number of rotatable bonds is 5. The molecule has 1 aromatic rings. The van der Waals surface area contributed by atoms with E-state index in [1.165, 1.54) is 6.08 Å². The maximum atomic E-state index is 13.4. The molecular formula is C13H18F2OSi. The summed E-state index contributed by atoms with van der Waals surface area (Å²) in [5, 5.41) is 0. The molecule has 4 heteroatoms. The van der Waals surface area contributed by atoms with Gasteiger partial charge in [0.05, 0.1) is 8.07 Å². The molecule has 0 aliphatic carbocycles. The molecule has 17 heavy (non-hydrogen) atoms. The molecule has 0 N–H and O–H groups in total. The van der Waals surface area contributed by atoms with Crippen molar-refractivity contribution in [3.63, 3.8) is 0 Å². The van der Waals surface area contributed by atoms with Crippen LogP contribution >= 0.6 is 0 Å². The van der Waals surface area contributed by atoms with Gasteiger partial charge in [-0.3, -0.25) is 0 Å². The smallest absolute Gasteiger partial charge is 0.320 e. The Kier molecular flexibility index (Phi) is 4.59. The molecule has 0 radical (unpaired) electrons. The van der Waals surface area contributed by atoms with Gasteiger partial charge in [-0.2, -0.15) is 8.78 Å². The number of hydrogen-bond donors (Lipinski definition) is 0. The van der Waals surface area contributed by atoms with Crippen LogP contribution in [0.1, 0.15) is 5.56 Å². The van der Waals surface area contributed by atoms with Crippen molar-refractivity contribution in [3.05, 3.63) is 42.0 Å². The molecule has 94 valence electrons. The Bertz CT molecular complexity index is 369. The van der Waals surface area contributed by atoms with Crippen LogP contribution in [0.2, 0.25) is 19.6 Å². The summed E-state index contributed by atoms with van der Waals surface area (Å²) in [6.45, 7) is 5.97. The van der Waals surface area contributed by atoms with Crippen molar-refractivity contribution in [3.8, 4) is 0 Å². The molecule has 1 rings (SSSR count). The first kappa shape index (κ1) is 14.1. The van der Waals surface area contributed by atoms with Gasteiger partial charge in [0.2, 0.25) is 0 Å². The Hall–Kier alpha value is -1.00. The van der Waals surface area contributed by atoms with Crippen LogP contribution in [-0.2, 0) is 4.74 Å². The third-order valence-corrected chi connectivity index (χ3v) is 2.98. The van der Waals surface area contributed by atoms with Crippen LogP contribution in [0.3, 0.4) is 0 Å². The first-order valence-electron chi connectivity index (χ1n) is 5.55. The third-order valence-electron chi connectivity index (χ3n) is 1.97. The van der Waals surface area contributed by atoms with Gasteiger partial charge < -0.3 is 4.74 Å². The average Bonchev–Trinajstić information content (AvgIpc) is 2.25. The summed E-state index contributed by atoms with van der Waals surface area (Å²) >= 11 is 0. The van der Waals surface area contributed by atoms with E-state index in [-0.39, 0.29) is 6.23 Å². The first-order chi connectivity index (χ1) is 7.79. The van der Waals surface area contributed by atoms with E-state index in [9.17, 15) is 8.78 Å². The van der Waals surface area contributed by atoms with Crippen LogP contribution in [0, 0.1) is 0 Å². The predicted molar refractivity (Wildman–Crippen MR) is 69.7 cm³/mol. The van der Waals surface area contributed by atoms with Gasteiger partial charge in [0.1, 0.15) is 0 Å².